The normalized spacial score (nSPS) is 18.8. The molecule has 0 radical (unpaired) electrons. The van der Waals surface area contributed by atoms with Gasteiger partial charge in [-0.1, -0.05) is 0 Å². The van der Waals surface area contributed by atoms with Crippen molar-refractivity contribution < 1.29 is 14.7 Å². The molecular weight excluding hydrogens is 272 g/mol. The number of nitrogens with one attached hydrogen (secondary N) is 1. The van der Waals surface area contributed by atoms with Crippen LogP contribution in [0.25, 0.3) is 0 Å². The van der Waals surface area contributed by atoms with Crippen LogP contribution in [0.4, 0.5) is 0 Å². The molecule has 1 unspecified atom stereocenters. The van der Waals surface area contributed by atoms with Gasteiger partial charge in [-0.15, -0.1) is 0 Å². The van der Waals surface area contributed by atoms with Crippen LogP contribution in [-0.4, -0.2) is 57.8 Å². The Balaban J connectivity index is 1.92. The number of amides is 1. The van der Waals surface area contributed by atoms with Crippen molar-refractivity contribution >= 4 is 11.9 Å². The summed E-state index contributed by atoms with van der Waals surface area (Å²) in [7, 11) is 1.77. The summed E-state index contributed by atoms with van der Waals surface area (Å²) in [5.41, 5.74) is 1.43. The first-order valence-corrected chi connectivity index (χ1v) is 7.20. The quantitative estimate of drug-likeness (QED) is 0.813. The van der Waals surface area contributed by atoms with Gasteiger partial charge >= 0.3 is 5.97 Å². The van der Waals surface area contributed by atoms with E-state index in [0.29, 0.717) is 24.7 Å². The molecule has 0 bridgehead atoms. The molecule has 2 N–H and O–H groups in total. The minimum Gasteiger partial charge on any atom is -0.480 e. The molecular formula is C14H22N4O3. The highest BCUT2D eigenvalue weighted by Gasteiger charge is 2.26. The number of aromatic nitrogens is 2. The molecule has 0 aromatic carbocycles. The molecule has 1 aromatic rings. The van der Waals surface area contributed by atoms with Crippen molar-refractivity contribution in [1.29, 1.82) is 0 Å². The molecule has 1 atom stereocenters. The minimum absolute atomic E-state index is 0.000958. The summed E-state index contributed by atoms with van der Waals surface area (Å²) in [6.07, 6.45) is 1.96. The van der Waals surface area contributed by atoms with Crippen LogP contribution in [0, 0.1) is 12.8 Å². The molecule has 7 heteroatoms. The second-order valence-electron chi connectivity index (χ2n) is 5.58. The fraction of sp³-hybridized carbons (Fsp3) is 0.643. The van der Waals surface area contributed by atoms with Gasteiger partial charge in [-0.3, -0.25) is 14.3 Å². The topological polar surface area (TPSA) is 87.5 Å². The smallest absolute Gasteiger partial charge is 0.317 e. The summed E-state index contributed by atoms with van der Waals surface area (Å²) in [6, 6.07) is 1.80. The molecule has 1 aromatic heterocycles. The standard InChI is InChI=1S/C14H22N4O3/c1-10-6-12(17(2)16-10)14(21)18-5-3-4-11(9-18)7-15-8-13(19)20/h6,11,15H,3-5,7-9H2,1-2H3,(H,19,20). The maximum atomic E-state index is 12.5. The van der Waals surface area contributed by atoms with Gasteiger partial charge in [0.1, 0.15) is 5.69 Å². The highest BCUT2D eigenvalue weighted by atomic mass is 16.4. The van der Waals surface area contributed by atoms with Crippen LogP contribution >= 0.6 is 0 Å². The van der Waals surface area contributed by atoms with E-state index in [1.807, 2.05) is 11.8 Å². The van der Waals surface area contributed by atoms with Crippen LogP contribution in [0.2, 0.25) is 0 Å². The monoisotopic (exact) mass is 294 g/mol. The fourth-order valence-electron chi connectivity index (χ4n) is 2.77. The zero-order chi connectivity index (χ0) is 15.4. The molecule has 7 nitrogen and oxygen atoms in total. The van der Waals surface area contributed by atoms with Crippen molar-refractivity contribution in [3.8, 4) is 0 Å². The van der Waals surface area contributed by atoms with Crippen molar-refractivity contribution in [2.75, 3.05) is 26.2 Å². The van der Waals surface area contributed by atoms with Crippen molar-refractivity contribution in [2.45, 2.75) is 19.8 Å². The Kier molecular flexibility index (Phi) is 4.95. The summed E-state index contributed by atoms with van der Waals surface area (Å²) in [5, 5.41) is 15.7. The van der Waals surface area contributed by atoms with Gasteiger partial charge in [-0.25, -0.2) is 0 Å². The molecule has 1 saturated heterocycles. The van der Waals surface area contributed by atoms with E-state index >= 15 is 0 Å². The molecule has 1 aliphatic heterocycles. The van der Waals surface area contributed by atoms with E-state index in [9.17, 15) is 9.59 Å². The van der Waals surface area contributed by atoms with Crippen LogP contribution in [0.5, 0.6) is 0 Å². The second-order valence-corrected chi connectivity index (χ2v) is 5.58. The van der Waals surface area contributed by atoms with Gasteiger partial charge in [-0.2, -0.15) is 5.10 Å². The maximum Gasteiger partial charge on any atom is 0.317 e. The van der Waals surface area contributed by atoms with Crippen LogP contribution in [0.15, 0.2) is 6.07 Å². The van der Waals surface area contributed by atoms with Gasteiger partial charge in [0.25, 0.3) is 5.91 Å². The van der Waals surface area contributed by atoms with E-state index in [1.54, 1.807) is 17.8 Å². The van der Waals surface area contributed by atoms with E-state index in [0.717, 1.165) is 25.1 Å². The molecule has 21 heavy (non-hydrogen) atoms. The molecule has 116 valence electrons. The third-order valence-electron chi connectivity index (χ3n) is 3.74. The van der Waals surface area contributed by atoms with E-state index in [-0.39, 0.29) is 12.5 Å². The number of carboxylic acids is 1. The molecule has 2 heterocycles. The third kappa shape index (κ3) is 4.04. The average molecular weight is 294 g/mol. The summed E-state index contributed by atoms with van der Waals surface area (Å²) >= 11 is 0. The van der Waals surface area contributed by atoms with Gasteiger partial charge in [0.05, 0.1) is 12.2 Å². The fourth-order valence-corrected chi connectivity index (χ4v) is 2.77. The Morgan fingerprint density at radius 3 is 2.90 bits per heavy atom. The zero-order valence-electron chi connectivity index (χ0n) is 12.5. The SMILES string of the molecule is Cc1cc(C(=O)N2CCCC(CNCC(=O)O)C2)n(C)n1. The number of carboxylic acid groups (broad SMARTS) is 1. The van der Waals surface area contributed by atoms with Crippen LogP contribution in [-0.2, 0) is 11.8 Å². The summed E-state index contributed by atoms with van der Waals surface area (Å²) in [4.78, 5) is 24.9. The van der Waals surface area contributed by atoms with E-state index in [2.05, 4.69) is 10.4 Å². The largest absolute Gasteiger partial charge is 0.480 e. The Bertz CT molecular complexity index is 526. The first-order valence-electron chi connectivity index (χ1n) is 7.20. The average Bonchev–Trinajstić information content (AvgIpc) is 2.77. The van der Waals surface area contributed by atoms with Gasteiger partial charge in [0.15, 0.2) is 0 Å². The van der Waals surface area contributed by atoms with Crippen molar-refractivity contribution in [1.82, 2.24) is 20.0 Å². The lowest BCUT2D eigenvalue weighted by Crippen LogP contribution is -2.43. The summed E-state index contributed by atoms with van der Waals surface area (Å²) in [5.74, 6) is -0.554. The van der Waals surface area contributed by atoms with E-state index in [4.69, 9.17) is 5.11 Å². The van der Waals surface area contributed by atoms with E-state index in [1.165, 1.54) is 0 Å². The number of aliphatic carboxylic acids is 1. The lowest BCUT2D eigenvalue weighted by atomic mass is 9.97. The minimum atomic E-state index is -0.857. The van der Waals surface area contributed by atoms with Gasteiger partial charge in [0.2, 0.25) is 0 Å². The van der Waals surface area contributed by atoms with Gasteiger partial charge < -0.3 is 15.3 Å². The predicted molar refractivity (Wildman–Crippen MR) is 77.1 cm³/mol. The number of piperidine rings is 1. The van der Waals surface area contributed by atoms with Crippen LogP contribution < -0.4 is 5.32 Å². The predicted octanol–water partition coefficient (Wildman–Crippen LogP) is 0.255. The molecule has 0 aliphatic carbocycles. The Hall–Kier alpha value is -1.89. The lowest BCUT2D eigenvalue weighted by Gasteiger charge is -2.32. The zero-order valence-corrected chi connectivity index (χ0v) is 12.5. The second kappa shape index (κ2) is 6.71. The number of likely N-dealkylation sites (tertiary alicyclic amines) is 1. The van der Waals surface area contributed by atoms with Gasteiger partial charge in [0, 0.05) is 26.7 Å². The highest BCUT2D eigenvalue weighted by molar-refractivity contribution is 5.92. The maximum absolute atomic E-state index is 12.5. The van der Waals surface area contributed by atoms with Crippen molar-refractivity contribution in [3.05, 3.63) is 17.5 Å². The van der Waals surface area contributed by atoms with Crippen LogP contribution in [0.3, 0.4) is 0 Å². The number of hydrogen-bond acceptors (Lipinski definition) is 4. The summed E-state index contributed by atoms with van der Waals surface area (Å²) < 4.78 is 1.62. The molecule has 1 fully saturated rings. The number of hydrogen-bond donors (Lipinski definition) is 2. The Labute approximate surface area is 123 Å². The third-order valence-corrected chi connectivity index (χ3v) is 3.74. The number of carbonyl (C=O) groups excluding carboxylic acids is 1. The summed E-state index contributed by atoms with van der Waals surface area (Å²) in [6.45, 7) is 3.87. The molecule has 2 rings (SSSR count). The van der Waals surface area contributed by atoms with Gasteiger partial charge in [-0.05, 0) is 31.7 Å². The van der Waals surface area contributed by atoms with Crippen molar-refractivity contribution in [3.63, 3.8) is 0 Å². The molecule has 0 spiro atoms. The first-order chi connectivity index (χ1) is 9.97. The Morgan fingerprint density at radius 2 is 2.29 bits per heavy atom. The molecule has 1 aliphatic rings. The number of carbonyl (C=O) groups is 2. The molecule has 0 saturated carbocycles. The highest BCUT2D eigenvalue weighted by Crippen LogP contribution is 2.18. The first kappa shape index (κ1) is 15.5. The number of aryl methyl sites for hydroxylation is 2. The van der Waals surface area contributed by atoms with Crippen molar-refractivity contribution in [2.24, 2.45) is 13.0 Å². The lowest BCUT2D eigenvalue weighted by molar-refractivity contribution is -0.136. The number of rotatable bonds is 5. The number of nitrogens with zero attached hydrogens (tertiary/aromatic N) is 3. The molecule has 1 amide bonds. The Morgan fingerprint density at radius 1 is 1.52 bits per heavy atom. The van der Waals surface area contributed by atoms with Crippen LogP contribution in [0.1, 0.15) is 29.0 Å². The van der Waals surface area contributed by atoms with E-state index < -0.39 is 5.97 Å².